The molecule has 1 amide bonds. The summed E-state index contributed by atoms with van der Waals surface area (Å²) in [6, 6.07) is 13.0. The smallest absolute Gasteiger partial charge is 0.277 e. The Morgan fingerprint density at radius 3 is 2.72 bits per heavy atom. The number of ether oxygens (including phenoxy) is 1. The van der Waals surface area contributed by atoms with Crippen molar-refractivity contribution in [2.24, 2.45) is 0 Å². The van der Waals surface area contributed by atoms with Crippen LogP contribution in [0.15, 0.2) is 65.4 Å². The highest BCUT2D eigenvalue weighted by atomic mass is 79.9. The van der Waals surface area contributed by atoms with Crippen LogP contribution >= 0.6 is 39.1 Å². The van der Waals surface area contributed by atoms with Gasteiger partial charge in [-0.25, -0.2) is 9.07 Å². The van der Waals surface area contributed by atoms with E-state index in [0.29, 0.717) is 25.8 Å². The molecule has 0 aliphatic rings. The van der Waals surface area contributed by atoms with Crippen LogP contribution in [-0.2, 0) is 13.3 Å². The lowest BCUT2D eigenvalue weighted by atomic mass is 10.2. The average Bonchev–Trinajstić information content (AvgIpc) is 3.36. The molecule has 164 valence electrons. The summed E-state index contributed by atoms with van der Waals surface area (Å²) in [5.74, 6) is -0.0303. The third kappa shape index (κ3) is 5.29. The number of carbonyl (C=O) groups is 1. The first kappa shape index (κ1) is 22.3. The van der Waals surface area contributed by atoms with Crippen LogP contribution in [0.3, 0.4) is 0 Å². The van der Waals surface area contributed by atoms with Crippen LogP contribution in [0.1, 0.15) is 16.1 Å². The Morgan fingerprint density at radius 2 is 1.94 bits per heavy atom. The maximum absolute atomic E-state index is 14.0. The zero-order chi connectivity index (χ0) is 22.7. The largest absolute Gasteiger partial charge is 0.471 e. The Hall–Kier alpha value is -2.88. The summed E-state index contributed by atoms with van der Waals surface area (Å²) in [6.07, 6.45) is 3.24. The summed E-state index contributed by atoms with van der Waals surface area (Å²) in [7, 11) is 0. The number of hydrogen-bond acceptors (Lipinski definition) is 4. The van der Waals surface area contributed by atoms with E-state index in [2.05, 4.69) is 31.4 Å². The summed E-state index contributed by atoms with van der Waals surface area (Å²) >= 11 is 15.4. The fourth-order valence-electron chi connectivity index (χ4n) is 2.83. The molecule has 4 rings (SSSR count). The van der Waals surface area contributed by atoms with E-state index in [9.17, 15) is 9.18 Å². The van der Waals surface area contributed by atoms with Crippen LogP contribution in [0, 0.1) is 5.82 Å². The van der Waals surface area contributed by atoms with Crippen molar-refractivity contribution in [2.45, 2.75) is 13.3 Å². The lowest BCUT2D eigenvalue weighted by Crippen LogP contribution is -2.15. The van der Waals surface area contributed by atoms with E-state index in [-0.39, 0.29) is 24.8 Å². The molecule has 0 aliphatic heterocycles. The molecule has 0 saturated carbocycles. The Morgan fingerprint density at radius 1 is 1.12 bits per heavy atom. The predicted octanol–water partition coefficient (Wildman–Crippen LogP) is 5.63. The van der Waals surface area contributed by atoms with Crippen molar-refractivity contribution in [1.82, 2.24) is 19.6 Å². The quantitative estimate of drug-likeness (QED) is 0.331. The average molecular weight is 539 g/mol. The van der Waals surface area contributed by atoms with Gasteiger partial charge in [0.05, 0.1) is 11.0 Å². The molecule has 0 saturated heterocycles. The van der Waals surface area contributed by atoms with Crippen LogP contribution in [0.5, 0.6) is 5.75 Å². The standard InChI is InChI=1S/C21H15BrCl2FN5O2/c22-16-11-30(10-15-17(24)5-2-6-18(15)25)28-20(16)26-21(31)19-7-8-29(27-19)12-32-14-4-1-3-13(23)9-14/h1-9,11H,10,12H2,(H,26,28,31). The van der Waals surface area contributed by atoms with Gasteiger partial charge in [-0.1, -0.05) is 35.3 Å². The highest BCUT2D eigenvalue weighted by Crippen LogP contribution is 2.24. The number of amides is 1. The van der Waals surface area contributed by atoms with Gasteiger partial charge in [0, 0.05) is 28.0 Å². The molecule has 0 atom stereocenters. The number of aromatic nitrogens is 4. The summed E-state index contributed by atoms with van der Waals surface area (Å²) < 4.78 is 23.1. The molecule has 1 N–H and O–H groups in total. The van der Waals surface area contributed by atoms with Gasteiger partial charge in [0.25, 0.3) is 5.91 Å². The van der Waals surface area contributed by atoms with Crippen molar-refractivity contribution in [3.8, 4) is 5.75 Å². The van der Waals surface area contributed by atoms with Crippen LogP contribution < -0.4 is 10.1 Å². The van der Waals surface area contributed by atoms with E-state index >= 15 is 0 Å². The molecule has 32 heavy (non-hydrogen) atoms. The van der Waals surface area contributed by atoms with Crippen molar-refractivity contribution in [2.75, 3.05) is 5.32 Å². The number of hydrogen-bond donors (Lipinski definition) is 1. The van der Waals surface area contributed by atoms with Crippen molar-refractivity contribution in [3.63, 3.8) is 0 Å². The number of anilines is 1. The maximum atomic E-state index is 14.0. The molecular formula is C21H15BrCl2FN5O2. The zero-order valence-electron chi connectivity index (χ0n) is 16.3. The first-order chi connectivity index (χ1) is 15.4. The second-order valence-electron chi connectivity index (χ2n) is 6.65. The van der Waals surface area contributed by atoms with Crippen LogP contribution in [0.2, 0.25) is 10.0 Å². The molecule has 0 spiro atoms. The first-order valence-corrected chi connectivity index (χ1v) is 10.8. The fraction of sp³-hybridized carbons (Fsp3) is 0.0952. The number of carbonyl (C=O) groups excluding carboxylic acids is 1. The summed E-state index contributed by atoms with van der Waals surface area (Å²) in [5.41, 5.74) is 0.485. The third-order valence-electron chi connectivity index (χ3n) is 4.36. The minimum absolute atomic E-state index is 0.106. The molecule has 2 heterocycles. The van der Waals surface area contributed by atoms with E-state index in [1.807, 2.05) is 0 Å². The molecule has 2 aromatic carbocycles. The molecule has 7 nitrogen and oxygen atoms in total. The van der Waals surface area contributed by atoms with E-state index in [4.69, 9.17) is 27.9 Å². The molecule has 0 bridgehead atoms. The van der Waals surface area contributed by atoms with Crippen LogP contribution in [-0.4, -0.2) is 25.5 Å². The summed E-state index contributed by atoms with van der Waals surface area (Å²) in [4.78, 5) is 12.6. The maximum Gasteiger partial charge on any atom is 0.277 e. The lowest BCUT2D eigenvalue weighted by Gasteiger charge is -2.06. The van der Waals surface area contributed by atoms with Gasteiger partial charge in [-0.2, -0.15) is 10.2 Å². The molecular weight excluding hydrogens is 524 g/mol. The summed E-state index contributed by atoms with van der Waals surface area (Å²) in [5, 5.41) is 12.0. The molecule has 0 aliphatic carbocycles. The fourth-order valence-corrected chi connectivity index (χ4v) is 3.65. The van der Waals surface area contributed by atoms with Gasteiger partial charge in [0.2, 0.25) is 0 Å². The predicted molar refractivity (Wildman–Crippen MR) is 123 cm³/mol. The van der Waals surface area contributed by atoms with Crippen molar-refractivity contribution < 1.29 is 13.9 Å². The molecule has 0 fully saturated rings. The minimum atomic E-state index is -0.457. The number of nitrogens with one attached hydrogen (secondary N) is 1. The molecule has 0 radical (unpaired) electrons. The second-order valence-corrected chi connectivity index (χ2v) is 8.35. The molecule has 11 heteroatoms. The Kier molecular flexibility index (Phi) is 6.78. The van der Waals surface area contributed by atoms with Gasteiger partial charge in [0.1, 0.15) is 11.6 Å². The lowest BCUT2D eigenvalue weighted by molar-refractivity contribution is 0.101. The number of halogens is 4. The van der Waals surface area contributed by atoms with Gasteiger partial charge in [-0.3, -0.25) is 9.48 Å². The minimum Gasteiger partial charge on any atom is -0.471 e. The Bertz CT molecular complexity index is 1260. The van der Waals surface area contributed by atoms with E-state index < -0.39 is 11.7 Å². The highest BCUT2D eigenvalue weighted by Gasteiger charge is 2.16. The molecule has 0 unspecified atom stereocenters. The summed E-state index contributed by atoms with van der Waals surface area (Å²) in [6.45, 7) is 0.213. The highest BCUT2D eigenvalue weighted by molar-refractivity contribution is 9.10. The second kappa shape index (κ2) is 9.72. The number of benzene rings is 2. The van der Waals surface area contributed by atoms with Gasteiger partial charge >= 0.3 is 0 Å². The zero-order valence-corrected chi connectivity index (χ0v) is 19.4. The van der Waals surface area contributed by atoms with Crippen LogP contribution in [0.4, 0.5) is 10.2 Å². The molecule has 4 aromatic rings. The molecule has 2 aromatic heterocycles. The monoisotopic (exact) mass is 537 g/mol. The van der Waals surface area contributed by atoms with Crippen molar-refractivity contribution in [1.29, 1.82) is 0 Å². The Balaban J connectivity index is 1.40. The first-order valence-electron chi connectivity index (χ1n) is 9.28. The van der Waals surface area contributed by atoms with E-state index in [0.717, 1.165) is 0 Å². The SMILES string of the molecule is O=C(Nc1nn(Cc2c(F)cccc2Cl)cc1Br)c1ccn(COc2cccc(Cl)c2)n1. The third-order valence-corrected chi connectivity index (χ3v) is 5.53. The number of nitrogens with zero attached hydrogens (tertiary/aromatic N) is 4. The Labute approximate surface area is 200 Å². The van der Waals surface area contributed by atoms with Gasteiger partial charge in [0.15, 0.2) is 18.2 Å². The van der Waals surface area contributed by atoms with E-state index in [1.54, 1.807) is 48.8 Å². The van der Waals surface area contributed by atoms with Gasteiger partial charge < -0.3 is 10.1 Å². The van der Waals surface area contributed by atoms with Gasteiger partial charge in [-0.15, -0.1) is 0 Å². The van der Waals surface area contributed by atoms with Crippen molar-refractivity contribution >= 4 is 50.9 Å². The van der Waals surface area contributed by atoms with Gasteiger partial charge in [-0.05, 0) is 52.3 Å². The van der Waals surface area contributed by atoms with Crippen LogP contribution in [0.25, 0.3) is 0 Å². The number of rotatable bonds is 7. The van der Waals surface area contributed by atoms with Crippen molar-refractivity contribution in [3.05, 3.63) is 92.5 Å². The normalized spacial score (nSPS) is 10.9. The topological polar surface area (TPSA) is 74.0 Å². The van der Waals surface area contributed by atoms with E-state index in [1.165, 1.54) is 21.5 Å².